The van der Waals surface area contributed by atoms with Crippen molar-refractivity contribution in [2.75, 3.05) is 6.61 Å². The van der Waals surface area contributed by atoms with E-state index in [0.29, 0.717) is 5.69 Å². The van der Waals surface area contributed by atoms with Crippen molar-refractivity contribution in [3.63, 3.8) is 0 Å². The van der Waals surface area contributed by atoms with E-state index in [1.807, 2.05) is 36.4 Å². The van der Waals surface area contributed by atoms with Gasteiger partial charge in [0.2, 0.25) is 0 Å². The van der Waals surface area contributed by atoms with Crippen molar-refractivity contribution in [2.45, 2.75) is 13.5 Å². The van der Waals surface area contributed by atoms with Crippen molar-refractivity contribution in [2.24, 2.45) is 11.1 Å². The number of H-pyrrole nitrogens is 1. The van der Waals surface area contributed by atoms with Crippen molar-refractivity contribution >= 4 is 11.7 Å². The first kappa shape index (κ1) is 16.3. The van der Waals surface area contributed by atoms with Crippen LogP contribution in [0.2, 0.25) is 0 Å². The smallest absolute Gasteiger partial charge is 0.354 e. The van der Waals surface area contributed by atoms with Gasteiger partial charge in [0.15, 0.2) is 5.71 Å². The number of hydrogen-bond acceptors (Lipinski definition) is 5. The summed E-state index contributed by atoms with van der Waals surface area (Å²) in [6, 6.07) is 14.8. The summed E-state index contributed by atoms with van der Waals surface area (Å²) < 4.78 is 5.14. The second-order valence-electron chi connectivity index (χ2n) is 4.93. The molecule has 0 aliphatic carbocycles. The summed E-state index contributed by atoms with van der Waals surface area (Å²) in [5, 5.41) is 13.0. The summed E-state index contributed by atoms with van der Waals surface area (Å²) in [7, 11) is 0. The molecule has 1 heterocycles. The number of carbonyl (C=O) groups excluding carboxylic acids is 1. The van der Waals surface area contributed by atoms with Crippen molar-refractivity contribution in [3.05, 3.63) is 59.9 Å². The highest BCUT2D eigenvalue weighted by atomic mass is 16.6. The number of nitriles is 1. The molecule has 118 valence electrons. The Balaban J connectivity index is 1.83. The van der Waals surface area contributed by atoms with Crippen LogP contribution in [0.1, 0.15) is 23.0 Å². The number of nitrogens with one attached hydrogen (secondary N) is 1. The molecule has 1 N–H and O–H groups in total. The van der Waals surface area contributed by atoms with Crippen LogP contribution in [-0.2, 0) is 16.2 Å². The molecule has 0 aliphatic rings. The molecule has 6 nitrogen and oxygen atoms in total. The van der Waals surface area contributed by atoms with E-state index in [-0.39, 0.29) is 24.8 Å². The Kier molecular flexibility index (Phi) is 5.95. The second-order valence-corrected chi connectivity index (χ2v) is 4.93. The van der Waals surface area contributed by atoms with Crippen molar-refractivity contribution in [1.82, 2.24) is 4.98 Å². The Labute approximate surface area is 134 Å². The summed E-state index contributed by atoms with van der Waals surface area (Å²) >= 11 is 0. The molecule has 1 aromatic carbocycles. The van der Waals surface area contributed by atoms with E-state index in [9.17, 15) is 4.79 Å². The molecule has 1 atom stereocenters. The van der Waals surface area contributed by atoms with Crippen LogP contribution >= 0.6 is 0 Å². The Morgan fingerprint density at radius 2 is 2.09 bits per heavy atom. The van der Waals surface area contributed by atoms with E-state index in [0.717, 1.165) is 5.56 Å². The molecule has 0 saturated carbocycles. The zero-order chi connectivity index (χ0) is 16.5. The van der Waals surface area contributed by atoms with Gasteiger partial charge in [-0.15, -0.1) is 0 Å². The lowest BCUT2D eigenvalue weighted by Gasteiger charge is -2.09. The highest BCUT2D eigenvalue weighted by Gasteiger charge is 2.15. The van der Waals surface area contributed by atoms with E-state index in [4.69, 9.17) is 14.8 Å². The highest BCUT2D eigenvalue weighted by Crippen LogP contribution is 2.06. The van der Waals surface area contributed by atoms with Crippen molar-refractivity contribution < 1.29 is 14.4 Å². The topological polar surface area (TPSA) is 87.5 Å². The van der Waals surface area contributed by atoms with Crippen molar-refractivity contribution in [3.8, 4) is 6.07 Å². The highest BCUT2D eigenvalue weighted by molar-refractivity contribution is 6.00. The maximum absolute atomic E-state index is 11.7. The Morgan fingerprint density at radius 1 is 1.30 bits per heavy atom. The average molecular weight is 311 g/mol. The first-order chi connectivity index (χ1) is 11.2. The molecule has 0 spiro atoms. The molecule has 1 aromatic heterocycles. The standard InChI is InChI=1S/C17H17N3O3/c1-13(11-22-17(21)15-8-5-9-19-15)16(10-18)20-23-12-14-6-3-2-4-7-14/h2-9,13,19H,11-12H2,1H3/b20-16-. The summed E-state index contributed by atoms with van der Waals surface area (Å²) in [6.07, 6.45) is 1.64. The molecule has 0 aliphatic heterocycles. The monoisotopic (exact) mass is 311 g/mol. The zero-order valence-corrected chi connectivity index (χ0v) is 12.7. The molecule has 2 rings (SSSR count). The van der Waals surface area contributed by atoms with Gasteiger partial charge in [-0.2, -0.15) is 5.26 Å². The lowest BCUT2D eigenvalue weighted by Crippen LogP contribution is -2.19. The third-order valence-corrected chi connectivity index (χ3v) is 3.10. The van der Waals surface area contributed by atoms with Gasteiger partial charge >= 0.3 is 5.97 Å². The molecule has 0 saturated heterocycles. The molecule has 6 heteroatoms. The van der Waals surface area contributed by atoms with Gasteiger partial charge in [0.1, 0.15) is 25.0 Å². The minimum Gasteiger partial charge on any atom is -0.460 e. The third-order valence-electron chi connectivity index (χ3n) is 3.10. The van der Waals surface area contributed by atoms with E-state index in [1.165, 1.54) is 0 Å². The molecule has 0 radical (unpaired) electrons. The number of aromatic nitrogens is 1. The molecular weight excluding hydrogens is 294 g/mol. The van der Waals surface area contributed by atoms with Gasteiger partial charge in [0.05, 0.1) is 0 Å². The first-order valence-corrected chi connectivity index (χ1v) is 7.15. The number of esters is 1. The fraction of sp³-hybridized carbons (Fsp3) is 0.235. The van der Waals surface area contributed by atoms with Crippen LogP contribution in [0.15, 0.2) is 53.8 Å². The number of nitrogens with zero attached hydrogens (tertiary/aromatic N) is 2. The fourth-order valence-corrected chi connectivity index (χ4v) is 1.79. The van der Waals surface area contributed by atoms with Gasteiger partial charge in [0.25, 0.3) is 0 Å². The van der Waals surface area contributed by atoms with E-state index in [2.05, 4.69) is 10.1 Å². The van der Waals surface area contributed by atoms with Gasteiger partial charge < -0.3 is 14.6 Å². The maximum atomic E-state index is 11.7. The molecule has 0 fully saturated rings. The molecule has 23 heavy (non-hydrogen) atoms. The van der Waals surface area contributed by atoms with E-state index >= 15 is 0 Å². The van der Waals surface area contributed by atoms with Crippen LogP contribution in [-0.4, -0.2) is 23.3 Å². The Hall–Kier alpha value is -3.07. The predicted octanol–water partition coefficient (Wildman–Crippen LogP) is 2.90. The fourth-order valence-electron chi connectivity index (χ4n) is 1.79. The Morgan fingerprint density at radius 3 is 2.74 bits per heavy atom. The van der Waals surface area contributed by atoms with Crippen LogP contribution in [0.5, 0.6) is 0 Å². The number of ether oxygens (including phenoxy) is 1. The maximum Gasteiger partial charge on any atom is 0.354 e. The van der Waals surface area contributed by atoms with Crippen LogP contribution in [0.25, 0.3) is 0 Å². The van der Waals surface area contributed by atoms with Gasteiger partial charge in [-0.05, 0) is 17.7 Å². The quantitative estimate of drug-likeness (QED) is 0.484. The number of aromatic amines is 1. The molecular formula is C17H17N3O3. The number of carbonyl (C=O) groups is 1. The lowest BCUT2D eigenvalue weighted by molar-refractivity contribution is 0.0471. The van der Waals surface area contributed by atoms with Crippen LogP contribution in [0, 0.1) is 17.2 Å². The second kappa shape index (κ2) is 8.39. The lowest BCUT2D eigenvalue weighted by atomic mass is 10.1. The summed E-state index contributed by atoms with van der Waals surface area (Å²) in [6.45, 7) is 2.08. The van der Waals surface area contributed by atoms with Crippen molar-refractivity contribution in [1.29, 1.82) is 5.26 Å². The number of hydrogen-bond donors (Lipinski definition) is 1. The number of oxime groups is 1. The summed E-state index contributed by atoms with van der Waals surface area (Å²) in [5.74, 6) is -0.820. The normalized spacial score (nSPS) is 12.3. The molecule has 0 bridgehead atoms. The largest absolute Gasteiger partial charge is 0.460 e. The zero-order valence-electron chi connectivity index (χ0n) is 12.7. The van der Waals surface area contributed by atoms with Crippen LogP contribution < -0.4 is 0 Å². The van der Waals surface area contributed by atoms with Gasteiger partial charge in [0, 0.05) is 12.1 Å². The Bertz CT molecular complexity index is 688. The summed E-state index contributed by atoms with van der Waals surface area (Å²) in [4.78, 5) is 19.7. The van der Waals surface area contributed by atoms with E-state index in [1.54, 1.807) is 25.3 Å². The minimum atomic E-state index is -0.468. The van der Waals surface area contributed by atoms with Crippen LogP contribution in [0.3, 0.4) is 0 Å². The van der Waals surface area contributed by atoms with E-state index < -0.39 is 5.97 Å². The minimum absolute atomic E-state index is 0.0545. The number of rotatable bonds is 7. The van der Waals surface area contributed by atoms with Gasteiger partial charge in [-0.1, -0.05) is 42.4 Å². The molecule has 1 unspecified atom stereocenters. The predicted molar refractivity (Wildman–Crippen MR) is 84.5 cm³/mol. The summed E-state index contributed by atoms with van der Waals surface area (Å²) in [5.41, 5.74) is 1.51. The first-order valence-electron chi connectivity index (χ1n) is 7.15. The molecule has 0 amide bonds. The average Bonchev–Trinajstić information content (AvgIpc) is 3.12. The SMILES string of the molecule is CC(COC(=O)c1ccc[nH]1)/C(C#N)=N\OCc1ccccc1. The number of benzene rings is 1. The van der Waals surface area contributed by atoms with Gasteiger partial charge in [-0.3, -0.25) is 0 Å². The molecule has 2 aromatic rings. The van der Waals surface area contributed by atoms with Gasteiger partial charge in [-0.25, -0.2) is 4.79 Å². The third kappa shape index (κ3) is 5.00. The van der Waals surface area contributed by atoms with Crippen LogP contribution in [0.4, 0.5) is 0 Å².